The van der Waals surface area contributed by atoms with Crippen LogP contribution in [0.4, 0.5) is 0 Å². The number of ether oxygens (including phenoxy) is 1. The molecule has 0 fully saturated rings. The summed E-state index contributed by atoms with van der Waals surface area (Å²) in [7, 11) is 0. The Kier molecular flexibility index (Phi) is 6.19. The Morgan fingerprint density at radius 2 is 2.05 bits per heavy atom. The van der Waals surface area contributed by atoms with Crippen molar-refractivity contribution in [3.63, 3.8) is 0 Å². The fourth-order valence-electron chi connectivity index (χ4n) is 1.97. The first-order valence-electron chi connectivity index (χ1n) is 7.00. The van der Waals surface area contributed by atoms with Gasteiger partial charge in [-0.3, -0.25) is 4.79 Å². The van der Waals surface area contributed by atoms with Crippen molar-refractivity contribution in [2.75, 3.05) is 6.54 Å². The van der Waals surface area contributed by atoms with E-state index < -0.39 is 12.2 Å². The Balaban J connectivity index is 2.78. The number of carbonyl (C=O) groups excluding carboxylic acids is 1. The van der Waals surface area contributed by atoms with Crippen molar-refractivity contribution in [1.29, 1.82) is 5.26 Å². The molecule has 0 spiro atoms. The molecule has 5 heteroatoms. The van der Waals surface area contributed by atoms with Gasteiger partial charge >= 0.3 is 0 Å². The standard InChI is InChI=1S/C16H22N2O3/c1-11(2)18(10-12(3)19)16(20)13(4)21-15-7-5-6-14(8-15)9-17/h5-8,11-13,19H,10H2,1-4H3. The van der Waals surface area contributed by atoms with E-state index in [4.69, 9.17) is 10.00 Å². The van der Waals surface area contributed by atoms with Crippen molar-refractivity contribution in [3.05, 3.63) is 29.8 Å². The Morgan fingerprint density at radius 1 is 1.38 bits per heavy atom. The van der Waals surface area contributed by atoms with Crippen LogP contribution in [0.5, 0.6) is 5.75 Å². The average Bonchev–Trinajstić information content (AvgIpc) is 2.43. The molecule has 1 aromatic carbocycles. The number of nitriles is 1. The fraction of sp³-hybridized carbons (Fsp3) is 0.500. The highest BCUT2D eigenvalue weighted by molar-refractivity contribution is 5.81. The number of benzene rings is 1. The number of nitrogens with zero attached hydrogens (tertiary/aromatic N) is 2. The average molecular weight is 290 g/mol. The van der Waals surface area contributed by atoms with Gasteiger partial charge in [-0.1, -0.05) is 6.07 Å². The Hall–Kier alpha value is -2.06. The van der Waals surface area contributed by atoms with Gasteiger partial charge in [0.2, 0.25) is 0 Å². The molecule has 2 unspecified atom stereocenters. The van der Waals surface area contributed by atoms with Gasteiger partial charge in [-0.15, -0.1) is 0 Å². The molecule has 1 amide bonds. The summed E-state index contributed by atoms with van der Waals surface area (Å²) in [5, 5.41) is 18.3. The number of hydrogen-bond donors (Lipinski definition) is 1. The smallest absolute Gasteiger partial charge is 0.263 e. The lowest BCUT2D eigenvalue weighted by Gasteiger charge is -2.30. The summed E-state index contributed by atoms with van der Waals surface area (Å²) in [4.78, 5) is 14.0. The second kappa shape index (κ2) is 7.65. The van der Waals surface area contributed by atoms with Crippen LogP contribution in [0.1, 0.15) is 33.3 Å². The maximum absolute atomic E-state index is 12.4. The molecule has 0 heterocycles. The zero-order valence-electron chi connectivity index (χ0n) is 12.9. The predicted molar refractivity (Wildman–Crippen MR) is 79.8 cm³/mol. The van der Waals surface area contributed by atoms with Gasteiger partial charge in [0.25, 0.3) is 5.91 Å². The van der Waals surface area contributed by atoms with Gasteiger partial charge in [-0.2, -0.15) is 5.26 Å². The molecular weight excluding hydrogens is 268 g/mol. The topological polar surface area (TPSA) is 73.6 Å². The highest BCUT2D eigenvalue weighted by atomic mass is 16.5. The predicted octanol–water partition coefficient (Wildman–Crippen LogP) is 1.94. The van der Waals surface area contributed by atoms with Crippen LogP contribution in [0, 0.1) is 11.3 Å². The molecule has 1 rings (SSSR count). The molecule has 2 atom stereocenters. The van der Waals surface area contributed by atoms with Crippen LogP contribution < -0.4 is 4.74 Å². The Morgan fingerprint density at radius 3 is 2.57 bits per heavy atom. The fourth-order valence-corrected chi connectivity index (χ4v) is 1.97. The van der Waals surface area contributed by atoms with Gasteiger partial charge in [0.15, 0.2) is 6.10 Å². The molecular formula is C16H22N2O3. The van der Waals surface area contributed by atoms with Crippen molar-refractivity contribution >= 4 is 5.91 Å². The third kappa shape index (κ3) is 5.09. The second-order valence-electron chi connectivity index (χ2n) is 5.33. The van der Waals surface area contributed by atoms with Crippen LogP contribution in [0.3, 0.4) is 0 Å². The highest BCUT2D eigenvalue weighted by Crippen LogP contribution is 2.16. The third-order valence-corrected chi connectivity index (χ3v) is 2.99. The van der Waals surface area contributed by atoms with Crippen molar-refractivity contribution in [2.45, 2.75) is 45.9 Å². The molecule has 0 aliphatic heterocycles. The molecule has 5 nitrogen and oxygen atoms in total. The van der Waals surface area contributed by atoms with Gasteiger partial charge < -0.3 is 14.7 Å². The largest absolute Gasteiger partial charge is 0.481 e. The van der Waals surface area contributed by atoms with Gasteiger partial charge in [0, 0.05) is 12.6 Å². The van der Waals surface area contributed by atoms with E-state index in [0.29, 0.717) is 11.3 Å². The summed E-state index contributed by atoms with van der Waals surface area (Å²) >= 11 is 0. The van der Waals surface area contributed by atoms with Gasteiger partial charge in [0.1, 0.15) is 5.75 Å². The molecule has 0 saturated heterocycles. The van der Waals surface area contributed by atoms with E-state index in [1.807, 2.05) is 19.9 Å². The molecule has 0 aliphatic rings. The summed E-state index contributed by atoms with van der Waals surface area (Å²) in [5.41, 5.74) is 0.483. The van der Waals surface area contributed by atoms with Crippen molar-refractivity contribution < 1.29 is 14.6 Å². The van der Waals surface area contributed by atoms with Crippen LogP contribution >= 0.6 is 0 Å². The minimum absolute atomic E-state index is 0.0245. The lowest BCUT2D eigenvalue weighted by molar-refractivity contribution is -0.141. The minimum atomic E-state index is -0.680. The SMILES string of the molecule is CC(O)CN(C(=O)C(C)Oc1cccc(C#N)c1)C(C)C. The monoisotopic (exact) mass is 290 g/mol. The van der Waals surface area contributed by atoms with Crippen LogP contribution in [-0.4, -0.2) is 40.7 Å². The Bertz CT molecular complexity index is 520. The molecule has 1 N–H and O–H groups in total. The van der Waals surface area contributed by atoms with Crippen LogP contribution in [0.15, 0.2) is 24.3 Å². The zero-order valence-corrected chi connectivity index (χ0v) is 12.9. The quantitative estimate of drug-likeness (QED) is 0.869. The van der Waals surface area contributed by atoms with Crippen molar-refractivity contribution in [3.8, 4) is 11.8 Å². The molecule has 0 aromatic heterocycles. The molecule has 0 saturated carbocycles. The first kappa shape index (κ1) is 17.0. The summed E-state index contributed by atoms with van der Waals surface area (Å²) in [5.74, 6) is 0.295. The minimum Gasteiger partial charge on any atom is -0.481 e. The first-order chi connectivity index (χ1) is 9.85. The van der Waals surface area contributed by atoms with E-state index in [-0.39, 0.29) is 18.5 Å². The maximum atomic E-state index is 12.4. The molecule has 21 heavy (non-hydrogen) atoms. The summed E-state index contributed by atoms with van der Waals surface area (Å²) < 4.78 is 5.61. The molecule has 0 aliphatic carbocycles. The van der Waals surface area contributed by atoms with E-state index in [2.05, 4.69) is 0 Å². The highest BCUT2D eigenvalue weighted by Gasteiger charge is 2.25. The van der Waals surface area contributed by atoms with Crippen LogP contribution in [-0.2, 0) is 4.79 Å². The molecule has 0 radical (unpaired) electrons. The third-order valence-electron chi connectivity index (χ3n) is 2.99. The van der Waals surface area contributed by atoms with Crippen molar-refractivity contribution in [2.24, 2.45) is 0 Å². The number of aliphatic hydroxyl groups excluding tert-OH is 1. The van der Waals surface area contributed by atoms with E-state index in [0.717, 1.165) is 0 Å². The lowest BCUT2D eigenvalue weighted by atomic mass is 10.2. The molecule has 114 valence electrons. The Labute approximate surface area is 125 Å². The number of rotatable bonds is 6. The van der Waals surface area contributed by atoms with Crippen LogP contribution in [0.25, 0.3) is 0 Å². The number of amides is 1. The normalized spacial score (nSPS) is 13.4. The van der Waals surface area contributed by atoms with Crippen LogP contribution in [0.2, 0.25) is 0 Å². The van der Waals surface area contributed by atoms with Gasteiger partial charge in [-0.25, -0.2) is 0 Å². The summed E-state index contributed by atoms with van der Waals surface area (Å²) in [6, 6.07) is 8.69. The van der Waals surface area contributed by atoms with E-state index in [1.165, 1.54) is 0 Å². The van der Waals surface area contributed by atoms with E-state index in [9.17, 15) is 9.90 Å². The molecule has 1 aromatic rings. The molecule has 0 bridgehead atoms. The number of hydrogen-bond acceptors (Lipinski definition) is 4. The first-order valence-corrected chi connectivity index (χ1v) is 7.00. The lowest BCUT2D eigenvalue weighted by Crippen LogP contribution is -2.47. The van der Waals surface area contributed by atoms with Gasteiger partial charge in [0.05, 0.1) is 17.7 Å². The van der Waals surface area contributed by atoms with E-state index >= 15 is 0 Å². The van der Waals surface area contributed by atoms with Gasteiger partial charge in [-0.05, 0) is 45.9 Å². The van der Waals surface area contributed by atoms with Crippen molar-refractivity contribution in [1.82, 2.24) is 4.90 Å². The van der Waals surface area contributed by atoms with E-state index in [1.54, 1.807) is 43.0 Å². The zero-order chi connectivity index (χ0) is 16.0. The second-order valence-corrected chi connectivity index (χ2v) is 5.33. The number of carbonyl (C=O) groups is 1. The maximum Gasteiger partial charge on any atom is 0.263 e. The summed E-state index contributed by atoms with van der Waals surface area (Å²) in [6.07, 6.45) is -1.27. The number of aliphatic hydroxyl groups is 1. The summed E-state index contributed by atoms with van der Waals surface area (Å²) in [6.45, 7) is 7.36.